The second kappa shape index (κ2) is 6.06. The zero-order valence-electron chi connectivity index (χ0n) is 11.0. The van der Waals surface area contributed by atoms with Crippen molar-refractivity contribution in [1.29, 1.82) is 0 Å². The highest BCUT2D eigenvalue weighted by Gasteiger charge is 2.12. The van der Waals surface area contributed by atoms with Crippen LogP contribution in [-0.2, 0) is 22.6 Å². The highest BCUT2D eigenvalue weighted by molar-refractivity contribution is 5.89. The van der Waals surface area contributed by atoms with Gasteiger partial charge in [0, 0.05) is 23.6 Å². The van der Waals surface area contributed by atoms with Crippen molar-refractivity contribution in [3.05, 3.63) is 48.7 Å². The van der Waals surface area contributed by atoms with E-state index < -0.39 is 5.97 Å². The number of nitrogens with zero attached hydrogens (tertiary/aromatic N) is 1. The lowest BCUT2D eigenvalue weighted by atomic mass is 10.1. The molecule has 0 unspecified atom stereocenters. The summed E-state index contributed by atoms with van der Waals surface area (Å²) in [7, 11) is 0. The average molecular weight is 272 g/mol. The quantitative estimate of drug-likeness (QED) is 0.784. The lowest BCUT2D eigenvalue weighted by Crippen LogP contribution is -2.27. The van der Waals surface area contributed by atoms with Crippen molar-refractivity contribution in [2.45, 2.75) is 13.0 Å². The maximum absolute atomic E-state index is 11.8. The van der Waals surface area contributed by atoms with E-state index in [1.54, 1.807) is 16.8 Å². The largest absolute Gasteiger partial charge is 0.481 e. The highest BCUT2D eigenvalue weighted by Crippen LogP contribution is 2.21. The third-order valence-corrected chi connectivity index (χ3v) is 2.97. The molecule has 2 N–H and O–H groups in total. The van der Waals surface area contributed by atoms with Gasteiger partial charge in [-0.15, -0.1) is 6.58 Å². The van der Waals surface area contributed by atoms with Gasteiger partial charge in [-0.1, -0.05) is 24.3 Å². The Labute approximate surface area is 116 Å². The van der Waals surface area contributed by atoms with Crippen molar-refractivity contribution in [2.75, 3.05) is 6.54 Å². The smallest absolute Gasteiger partial charge is 0.307 e. The SMILES string of the molecule is C=CCNC(=O)Cn1cc(CC(=O)O)c2ccccc21. The lowest BCUT2D eigenvalue weighted by Gasteiger charge is -2.05. The van der Waals surface area contributed by atoms with Gasteiger partial charge in [0.05, 0.1) is 6.42 Å². The van der Waals surface area contributed by atoms with Crippen LogP contribution in [0, 0.1) is 0 Å². The normalized spacial score (nSPS) is 10.4. The summed E-state index contributed by atoms with van der Waals surface area (Å²) < 4.78 is 1.77. The molecule has 1 amide bonds. The maximum atomic E-state index is 11.8. The number of para-hydroxylation sites is 1. The van der Waals surface area contributed by atoms with Crippen LogP contribution in [0.25, 0.3) is 10.9 Å². The molecule has 20 heavy (non-hydrogen) atoms. The number of carbonyl (C=O) groups excluding carboxylic acids is 1. The first-order chi connectivity index (χ1) is 9.61. The first kappa shape index (κ1) is 13.9. The minimum Gasteiger partial charge on any atom is -0.481 e. The minimum atomic E-state index is -0.885. The van der Waals surface area contributed by atoms with Crippen LogP contribution in [0.15, 0.2) is 43.1 Å². The predicted octanol–water partition coefficient (Wildman–Crippen LogP) is 1.57. The van der Waals surface area contributed by atoms with Gasteiger partial charge in [-0.3, -0.25) is 9.59 Å². The van der Waals surface area contributed by atoms with E-state index in [9.17, 15) is 9.59 Å². The van der Waals surface area contributed by atoms with E-state index in [1.165, 1.54) is 0 Å². The number of hydrogen-bond acceptors (Lipinski definition) is 2. The van der Waals surface area contributed by atoms with E-state index >= 15 is 0 Å². The molecule has 2 rings (SSSR count). The molecule has 0 bridgehead atoms. The number of aliphatic carboxylic acids is 1. The fourth-order valence-corrected chi connectivity index (χ4v) is 2.15. The number of nitrogens with one attached hydrogen (secondary N) is 1. The number of carbonyl (C=O) groups is 2. The molecule has 2 aromatic rings. The summed E-state index contributed by atoms with van der Waals surface area (Å²) in [6.07, 6.45) is 3.29. The molecule has 0 aliphatic heterocycles. The van der Waals surface area contributed by atoms with Crippen LogP contribution < -0.4 is 5.32 Å². The second-order valence-corrected chi connectivity index (χ2v) is 4.46. The molecule has 5 nitrogen and oxygen atoms in total. The van der Waals surface area contributed by atoms with Gasteiger partial charge in [-0.25, -0.2) is 0 Å². The van der Waals surface area contributed by atoms with Crippen molar-refractivity contribution in [3.8, 4) is 0 Å². The summed E-state index contributed by atoms with van der Waals surface area (Å²) in [5, 5.41) is 12.5. The van der Waals surface area contributed by atoms with E-state index in [-0.39, 0.29) is 18.9 Å². The Bertz CT molecular complexity index is 658. The zero-order chi connectivity index (χ0) is 14.5. The van der Waals surface area contributed by atoms with Gasteiger partial charge >= 0.3 is 5.97 Å². The molecule has 1 heterocycles. The predicted molar refractivity (Wildman–Crippen MR) is 76.5 cm³/mol. The van der Waals surface area contributed by atoms with Crippen molar-refractivity contribution >= 4 is 22.8 Å². The van der Waals surface area contributed by atoms with Crippen LogP contribution >= 0.6 is 0 Å². The monoisotopic (exact) mass is 272 g/mol. The van der Waals surface area contributed by atoms with Gasteiger partial charge in [0.15, 0.2) is 0 Å². The van der Waals surface area contributed by atoms with Crippen molar-refractivity contribution in [3.63, 3.8) is 0 Å². The fraction of sp³-hybridized carbons (Fsp3) is 0.200. The van der Waals surface area contributed by atoms with E-state index in [2.05, 4.69) is 11.9 Å². The summed E-state index contributed by atoms with van der Waals surface area (Å²) in [6, 6.07) is 7.47. The number of rotatable bonds is 6. The van der Waals surface area contributed by atoms with Crippen molar-refractivity contribution in [1.82, 2.24) is 9.88 Å². The van der Waals surface area contributed by atoms with Crippen LogP contribution in [-0.4, -0.2) is 28.1 Å². The number of carboxylic acids is 1. The van der Waals surface area contributed by atoms with Crippen molar-refractivity contribution < 1.29 is 14.7 Å². The van der Waals surface area contributed by atoms with Crippen LogP contribution in [0.5, 0.6) is 0 Å². The molecular formula is C15H16N2O3. The molecule has 0 radical (unpaired) electrons. The number of hydrogen-bond donors (Lipinski definition) is 2. The Balaban J connectivity index is 2.31. The third kappa shape index (κ3) is 3.06. The molecule has 0 saturated heterocycles. The summed E-state index contributed by atoms with van der Waals surface area (Å²) in [6.45, 7) is 4.12. The number of carboxylic acid groups (broad SMARTS) is 1. The second-order valence-electron chi connectivity index (χ2n) is 4.46. The minimum absolute atomic E-state index is 0.0538. The van der Waals surface area contributed by atoms with Gasteiger partial charge in [0.1, 0.15) is 6.54 Å². The molecule has 104 valence electrons. The number of amides is 1. The van der Waals surface area contributed by atoms with Crippen molar-refractivity contribution in [2.24, 2.45) is 0 Å². The van der Waals surface area contributed by atoms with Gasteiger partial charge in [0.2, 0.25) is 5.91 Å². The van der Waals surface area contributed by atoms with E-state index in [1.807, 2.05) is 24.3 Å². The Morgan fingerprint density at radius 2 is 2.10 bits per heavy atom. The van der Waals surface area contributed by atoms with E-state index in [0.717, 1.165) is 10.9 Å². The number of benzene rings is 1. The highest BCUT2D eigenvalue weighted by atomic mass is 16.4. The molecule has 5 heteroatoms. The van der Waals surface area contributed by atoms with Crippen LogP contribution in [0.3, 0.4) is 0 Å². The third-order valence-electron chi connectivity index (χ3n) is 2.97. The molecule has 0 atom stereocenters. The Morgan fingerprint density at radius 1 is 1.35 bits per heavy atom. The van der Waals surface area contributed by atoms with Crippen LogP contribution in [0.2, 0.25) is 0 Å². The lowest BCUT2D eigenvalue weighted by molar-refractivity contribution is -0.136. The number of fused-ring (bicyclic) bond motifs is 1. The summed E-state index contributed by atoms with van der Waals surface area (Å²) >= 11 is 0. The molecule has 1 aromatic heterocycles. The first-order valence-corrected chi connectivity index (χ1v) is 6.28. The Hall–Kier alpha value is -2.56. The van der Waals surface area contributed by atoms with E-state index in [0.29, 0.717) is 12.1 Å². The Morgan fingerprint density at radius 3 is 2.80 bits per heavy atom. The Kier molecular flexibility index (Phi) is 4.20. The standard InChI is InChI=1S/C15H16N2O3/c1-2-7-16-14(18)10-17-9-11(8-15(19)20)12-5-3-4-6-13(12)17/h2-6,9H,1,7-8,10H2,(H,16,18)(H,19,20). The molecule has 0 spiro atoms. The van der Waals surface area contributed by atoms with Gasteiger partial charge < -0.3 is 15.0 Å². The fourth-order valence-electron chi connectivity index (χ4n) is 2.15. The molecule has 0 aliphatic rings. The van der Waals surface area contributed by atoms with Crippen LogP contribution in [0.4, 0.5) is 0 Å². The topological polar surface area (TPSA) is 71.3 Å². The van der Waals surface area contributed by atoms with E-state index in [4.69, 9.17) is 5.11 Å². The van der Waals surface area contributed by atoms with Gasteiger partial charge in [-0.05, 0) is 11.6 Å². The zero-order valence-corrected chi connectivity index (χ0v) is 11.0. The maximum Gasteiger partial charge on any atom is 0.307 e. The molecule has 1 aromatic carbocycles. The first-order valence-electron chi connectivity index (χ1n) is 6.28. The molecule has 0 fully saturated rings. The summed E-state index contributed by atoms with van der Waals surface area (Å²) in [5.41, 5.74) is 1.57. The van der Waals surface area contributed by atoms with Crippen LogP contribution in [0.1, 0.15) is 5.56 Å². The average Bonchev–Trinajstić information content (AvgIpc) is 2.74. The molecule has 0 saturated carbocycles. The van der Waals surface area contributed by atoms with Gasteiger partial charge in [-0.2, -0.15) is 0 Å². The molecule has 0 aliphatic carbocycles. The summed E-state index contributed by atoms with van der Waals surface area (Å²) in [4.78, 5) is 22.6. The summed E-state index contributed by atoms with van der Waals surface area (Å²) in [5.74, 6) is -1.02. The van der Waals surface area contributed by atoms with Gasteiger partial charge in [0.25, 0.3) is 0 Å². The number of aromatic nitrogens is 1. The molecular weight excluding hydrogens is 256 g/mol.